The minimum Gasteiger partial charge on any atom is -0.372 e. The van der Waals surface area contributed by atoms with Gasteiger partial charge in [0.25, 0.3) is 5.91 Å². The van der Waals surface area contributed by atoms with Crippen molar-refractivity contribution in [2.24, 2.45) is 0 Å². The highest BCUT2D eigenvalue weighted by Crippen LogP contribution is 2.23. The van der Waals surface area contributed by atoms with Crippen LogP contribution in [-0.2, 0) is 6.54 Å². The molecule has 0 aliphatic carbocycles. The summed E-state index contributed by atoms with van der Waals surface area (Å²) in [6.45, 7) is 0.566. The van der Waals surface area contributed by atoms with Crippen LogP contribution in [0.25, 0.3) is 0 Å². The SMILES string of the molecule is CNc1ncc(Br)cc1C(=O)N(C)Cc1csc(Br)c1. The van der Waals surface area contributed by atoms with Crippen LogP contribution >= 0.6 is 43.2 Å². The van der Waals surface area contributed by atoms with Gasteiger partial charge in [0, 0.05) is 31.3 Å². The van der Waals surface area contributed by atoms with Gasteiger partial charge >= 0.3 is 0 Å². The van der Waals surface area contributed by atoms with Crippen molar-refractivity contribution in [1.29, 1.82) is 0 Å². The second-order valence-corrected chi connectivity index (χ2v) is 7.43. The molecular formula is C13H13Br2N3OS. The molecule has 1 N–H and O–H groups in total. The van der Waals surface area contributed by atoms with E-state index in [-0.39, 0.29) is 5.91 Å². The highest BCUT2D eigenvalue weighted by molar-refractivity contribution is 9.11. The quantitative estimate of drug-likeness (QED) is 0.816. The van der Waals surface area contributed by atoms with E-state index in [1.165, 1.54) is 0 Å². The Labute approximate surface area is 138 Å². The van der Waals surface area contributed by atoms with Crippen LogP contribution in [0.3, 0.4) is 0 Å². The number of pyridine rings is 1. The number of amides is 1. The summed E-state index contributed by atoms with van der Waals surface area (Å²) >= 11 is 8.38. The van der Waals surface area contributed by atoms with Crippen LogP contribution in [0, 0.1) is 0 Å². The summed E-state index contributed by atoms with van der Waals surface area (Å²) < 4.78 is 1.85. The summed E-state index contributed by atoms with van der Waals surface area (Å²) in [4.78, 5) is 18.4. The molecule has 0 aliphatic heterocycles. The van der Waals surface area contributed by atoms with Gasteiger partial charge in [-0.05, 0) is 54.9 Å². The van der Waals surface area contributed by atoms with E-state index in [0.717, 1.165) is 13.8 Å². The first-order valence-electron chi connectivity index (χ1n) is 5.83. The van der Waals surface area contributed by atoms with Crippen molar-refractivity contribution in [1.82, 2.24) is 9.88 Å². The van der Waals surface area contributed by atoms with E-state index in [2.05, 4.69) is 42.2 Å². The molecular weight excluding hydrogens is 406 g/mol. The molecule has 20 heavy (non-hydrogen) atoms. The lowest BCUT2D eigenvalue weighted by Gasteiger charge is -2.18. The molecule has 0 aromatic carbocycles. The van der Waals surface area contributed by atoms with Gasteiger partial charge in [0.15, 0.2) is 0 Å². The van der Waals surface area contributed by atoms with Crippen molar-refractivity contribution in [2.75, 3.05) is 19.4 Å². The molecule has 1 amide bonds. The fourth-order valence-corrected chi connectivity index (χ4v) is 3.31. The first-order chi connectivity index (χ1) is 9.51. The first kappa shape index (κ1) is 15.5. The maximum Gasteiger partial charge on any atom is 0.257 e. The van der Waals surface area contributed by atoms with Crippen LogP contribution in [0.5, 0.6) is 0 Å². The zero-order valence-electron chi connectivity index (χ0n) is 11.0. The molecule has 0 saturated heterocycles. The van der Waals surface area contributed by atoms with Crippen molar-refractivity contribution < 1.29 is 4.79 Å². The molecule has 0 saturated carbocycles. The number of rotatable bonds is 4. The van der Waals surface area contributed by atoms with Crippen LogP contribution < -0.4 is 5.32 Å². The molecule has 4 nitrogen and oxygen atoms in total. The number of hydrogen-bond acceptors (Lipinski definition) is 4. The van der Waals surface area contributed by atoms with Gasteiger partial charge in [-0.15, -0.1) is 11.3 Å². The molecule has 0 fully saturated rings. The predicted octanol–water partition coefficient (Wildman–Crippen LogP) is 3.98. The fraction of sp³-hybridized carbons (Fsp3) is 0.231. The van der Waals surface area contributed by atoms with E-state index in [9.17, 15) is 4.79 Å². The molecule has 0 atom stereocenters. The normalized spacial score (nSPS) is 10.4. The Balaban J connectivity index is 2.20. The van der Waals surface area contributed by atoms with Crippen LogP contribution in [0.15, 0.2) is 32.0 Å². The van der Waals surface area contributed by atoms with Gasteiger partial charge in [-0.1, -0.05) is 0 Å². The molecule has 0 aliphatic rings. The molecule has 7 heteroatoms. The van der Waals surface area contributed by atoms with Crippen LogP contribution in [0.1, 0.15) is 15.9 Å². The Kier molecular flexibility index (Phi) is 5.17. The predicted molar refractivity (Wildman–Crippen MR) is 89.3 cm³/mol. The average molecular weight is 419 g/mol. The number of thiophene rings is 1. The molecule has 0 spiro atoms. The van der Waals surface area contributed by atoms with Crippen molar-refractivity contribution in [3.05, 3.63) is 43.1 Å². The van der Waals surface area contributed by atoms with Crippen LogP contribution in [0.2, 0.25) is 0 Å². The van der Waals surface area contributed by atoms with Gasteiger partial charge in [-0.3, -0.25) is 4.79 Å². The molecule has 2 aromatic rings. The van der Waals surface area contributed by atoms with Gasteiger partial charge < -0.3 is 10.2 Å². The number of nitrogens with one attached hydrogen (secondary N) is 1. The number of hydrogen-bond donors (Lipinski definition) is 1. The fourth-order valence-electron chi connectivity index (χ4n) is 1.78. The van der Waals surface area contributed by atoms with Crippen LogP contribution in [0.4, 0.5) is 5.82 Å². The third-order valence-corrected chi connectivity index (χ3v) is 4.70. The zero-order chi connectivity index (χ0) is 14.7. The zero-order valence-corrected chi connectivity index (χ0v) is 15.0. The van der Waals surface area contributed by atoms with Gasteiger partial charge in [0.1, 0.15) is 5.82 Å². The second kappa shape index (κ2) is 6.69. The topological polar surface area (TPSA) is 45.2 Å². The molecule has 2 heterocycles. The van der Waals surface area contributed by atoms with E-state index < -0.39 is 0 Å². The highest BCUT2D eigenvalue weighted by Gasteiger charge is 2.17. The molecule has 106 valence electrons. The molecule has 2 aromatic heterocycles. The van der Waals surface area contributed by atoms with Crippen molar-refractivity contribution in [3.8, 4) is 0 Å². The maximum absolute atomic E-state index is 12.5. The number of aromatic nitrogens is 1. The summed E-state index contributed by atoms with van der Waals surface area (Å²) in [5, 5.41) is 4.98. The van der Waals surface area contributed by atoms with Crippen LogP contribution in [-0.4, -0.2) is 29.9 Å². The van der Waals surface area contributed by atoms with Crippen molar-refractivity contribution in [2.45, 2.75) is 6.54 Å². The summed E-state index contributed by atoms with van der Waals surface area (Å²) in [5.41, 5.74) is 1.66. The Morgan fingerprint density at radius 3 is 2.80 bits per heavy atom. The maximum atomic E-state index is 12.5. The summed E-state index contributed by atoms with van der Waals surface area (Å²) in [5.74, 6) is 0.516. The minimum absolute atomic E-state index is 0.0644. The third kappa shape index (κ3) is 3.59. The number of anilines is 1. The average Bonchev–Trinajstić information content (AvgIpc) is 2.83. The van der Waals surface area contributed by atoms with E-state index in [0.29, 0.717) is 17.9 Å². The third-order valence-electron chi connectivity index (χ3n) is 2.71. The lowest BCUT2D eigenvalue weighted by molar-refractivity contribution is 0.0786. The summed E-state index contributed by atoms with van der Waals surface area (Å²) in [7, 11) is 3.54. The molecule has 0 unspecified atom stereocenters. The Morgan fingerprint density at radius 1 is 1.45 bits per heavy atom. The standard InChI is InChI=1S/C13H13Br2N3OS/c1-16-12-10(4-9(14)5-17-12)13(19)18(2)6-8-3-11(15)20-7-8/h3-5,7H,6H2,1-2H3,(H,16,17). The summed E-state index contributed by atoms with van der Waals surface area (Å²) in [6.07, 6.45) is 1.67. The number of nitrogens with zero attached hydrogens (tertiary/aromatic N) is 2. The second-order valence-electron chi connectivity index (χ2n) is 4.22. The highest BCUT2D eigenvalue weighted by atomic mass is 79.9. The van der Waals surface area contributed by atoms with E-state index in [1.54, 1.807) is 42.6 Å². The van der Waals surface area contributed by atoms with Crippen molar-refractivity contribution in [3.63, 3.8) is 0 Å². The van der Waals surface area contributed by atoms with Gasteiger partial charge in [-0.2, -0.15) is 0 Å². The Hall–Kier alpha value is -0.920. The largest absolute Gasteiger partial charge is 0.372 e. The number of carbonyl (C=O) groups is 1. The number of halogens is 2. The molecule has 2 rings (SSSR count). The lowest BCUT2D eigenvalue weighted by atomic mass is 10.2. The smallest absolute Gasteiger partial charge is 0.257 e. The van der Waals surface area contributed by atoms with E-state index >= 15 is 0 Å². The first-order valence-corrected chi connectivity index (χ1v) is 8.29. The minimum atomic E-state index is -0.0644. The Morgan fingerprint density at radius 2 is 2.20 bits per heavy atom. The van der Waals surface area contributed by atoms with E-state index in [1.807, 2.05) is 11.4 Å². The van der Waals surface area contributed by atoms with Gasteiger partial charge in [0.05, 0.1) is 9.35 Å². The molecule has 0 bridgehead atoms. The van der Waals surface area contributed by atoms with Crippen molar-refractivity contribution >= 4 is 54.9 Å². The number of carbonyl (C=O) groups excluding carboxylic acids is 1. The lowest BCUT2D eigenvalue weighted by Crippen LogP contribution is -2.27. The van der Waals surface area contributed by atoms with Gasteiger partial charge in [0.2, 0.25) is 0 Å². The Bertz CT molecular complexity index is 630. The van der Waals surface area contributed by atoms with E-state index in [4.69, 9.17) is 0 Å². The monoisotopic (exact) mass is 417 g/mol. The van der Waals surface area contributed by atoms with Gasteiger partial charge in [-0.25, -0.2) is 4.98 Å². The molecule has 0 radical (unpaired) electrons. The summed E-state index contributed by atoms with van der Waals surface area (Å²) in [6, 6.07) is 3.80.